The zero-order valence-electron chi connectivity index (χ0n) is 7.32. The van der Waals surface area contributed by atoms with Gasteiger partial charge in [-0.05, 0) is 46.2 Å². The van der Waals surface area contributed by atoms with E-state index < -0.39 is 0 Å². The Morgan fingerprint density at radius 2 is 1.92 bits per heavy atom. The van der Waals surface area contributed by atoms with Gasteiger partial charge in [0.1, 0.15) is 0 Å². The van der Waals surface area contributed by atoms with Crippen molar-refractivity contribution >= 4 is 26.7 Å². The molecule has 0 unspecified atom stereocenters. The second kappa shape index (κ2) is 5.14. The van der Waals surface area contributed by atoms with Gasteiger partial charge < -0.3 is 0 Å². The van der Waals surface area contributed by atoms with E-state index in [2.05, 4.69) is 6.58 Å². The fraction of sp³-hybridized carbons (Fsp3) is 0.100. The predicted molar refractivity (Wildman–Crippen MR) is 59.7 cm³/mol. The molecule has 1 rings (SSSR count). The lowest BCUT2D eigenvalue weighted by molar-refractivity contribution is -0.107. The van der Waals surface area contributed by atoms with Crippen molar-refractivity contribution in [2.24, 2.45) is 0 Å². The summed E-state index contributed by atoms with van der Waals surface area (Å²) in [6, 6.07) is 9.81. The third-order valence-corrected chi connectivity index (χ3v) is 3.63. The van der Waals surface area contributed by atoms with Crippen molar-refractivity contribution in [2.75, 3.05) is 0 Å². The molecule has 0 aliphatic rings. The molecular formula is C10H10OS2. The Labute approximate surface area is 86.0 Å². The molecule has 0 radical (unpaired) electrons. The van der Waals surface area contributed by atoms with Crippen molar-refractivity contribution in [1.82, 2.24) is 0 Å². The standard InChI is InChI=1S/C10H10OS2/c1-8(2)10(11)13-12-9-6-4-3-5-7-9/h3-7H,1H2,2H3. The fourth-order valence-corrected chi connectivity index (χ4v) is 2.49. The molecule has 13 heavy (non-hydrogen) atoms. The molecule has 0 aliphatic carbocycles. The van der Waals surface area contributed by atoms with Crippen LogP contribution in [0.1, 0.15) is 6.92 Å². The van der Waals surface area contributed by atoms with Crippen LogP contribution < -0.4 is 0 Å². The van der Waals surface area contributed by atoms with Gasteiger partial charge in [0.05, 0.1) is 0 Å². The quantitative estimate of drug-likeness (QED) is 0.561. The Hall–Kier alpha value is -0.670. The van der Waals surface area contributed by atoms with Gasteiger partial charge in [-0.25, -0.2) is 0 Å². The average molecular weight is 210 g/mol. The minimum Gasteiger partial charge on any atom is -0.281 e. The molecule has 0 heterocycles. The SMILES string of the molecule is C=C(C)C(=O)SSc1ccccc1. The summed E-state index contributed by atoms with van der Waals surface area (Å²) in [6.07, 6.45) is 0. The summed E-state index contributed by atoms with van der Waals surface area (Å²) >= 11 is 0. The molecule has 3 heteroatoms. The van der Waals surface area contributed by atoms with Crippen LogP contribution in [-0.4, -0.2) is 5.12 Å². The van der Waals surface area contributed by atoms with Gasteiger partial charge in [0, 0.05) is 4.90 Å². The zero-order chi connectivity index (χ0) is 9.68. The van der Waals surface area contributed by atoms with Crippen LogP contribution in [0.25, 0.3) is 0 Å². The van der Waals surface area contributed by atoms with E-state index in [4.69, 9.17) is 0 Å². The maximum Gasteiger partial charge on any atom is 0.225 e. The van der Waals surface area contributed by atoms with Gasteiger partial charge in [-0.1, -0.05) is 24.8 Å². The molecule has 0 saturated heterocycles. The van der Waals surface area contributed by atoms with Crippen molar-refractivity contribution in [3.63, 3.8) is 0 Å². The van der Waals surface area contributed by atoms with Crippen LogP contribution in [0.15, 0.2) is 47.4 Å². The maximum atomic E-state index is 11.2. The highest BCUT2D eigenvalue weighted by atomic mass is 33.1. The second-order valence-electron chi connectivity index (χ2n) is 2.55. The van der Waals surface area contributed by atoms with Crippen LogP contribution in [0.2, 0.25) is 0 Å². The first kappa shape index (κ1) is 10.4. The Kier molecular flexibility index (Phi) is 4.12. The minimum absolute atomic E-state index is 0.0360. The third kappa shape index (κ3) is 3.70. The summed E-state index contributed by atoms with van der Waals surface area (Å²) in [7, 11) is 2.68. The highest BCUT2D eigenvalue weighted by Gasteiger charge is 2.03. The Morgan fingerprint density at radius 3 is 2.46 bits per heavy atom. The van der Waals surface area contributed by atoms with Gasteiger partial charge in [0.2, 0.25) is 5.12 Å². The molecular weight excluding hydrogens is 200 g/mol. The lowest BCUT2D eigenvalue weighted by Gasteiger charge is -1.98. The minimum atomic E-state index is 0.0360. The first-order chi connectivity index (χ1) is 6.20. The average Bonchev–Trinajstić information content (AvgIpc) is 2.15. The molecule has 0 N–H and O–H groups in total. The Balaban J connectivity index is 2.44. The van der Waals surface area contributed by atoms with E-state index in [0.717, 1.165) is 4.90 Å². The summed E-state index contributed by atoms with van der Waals surface area (Å²) in [4.78, 5) is 12.2. The number of rotatable bonds is 3. The summed E-state index contributed by atoms with van der Waals surface area (Å²) in [6.45, 7) is 5.31. The molecule has 1 nitrogen and oxygen atoms in total. The van der Waals surface area contributed by atoms with Crippen molar-refractivity contribution in [3.05, 3.63) is 42.5 Å². The van der Waals surface area contributed by atoms with E-state index in [1.165, 1.54) is 21.6 Å². The smallest absolute Gasteiger partial charge is 0.225 e. The van der Waals surface area contributed by atoms with Crippen LogP contribution in [0.3, 0.4) is 0 Å². The Bertz CT molecular complexity index is 306. The molecule has 0 bridgehead atoms. The van der Waals surface area contributed by atoms with Gasteiger partial charge in [0.25, 0.3) is 0 Å². The molecule has 0 amide bonds. The lowest BCUT2D eigenvalue weighted by Crippen LogP contribution is -1.87. The largest absolute Gasteiger partial charge is 0.281 e. The van der Waals surface area contributed by atoms with E-state index in [1.807, 2.05) is 30.3 Å². The van der Waals surface area contributed by atoms with Crippen LogP contribution in [0.4, 0.5) is 0 Å². The van der Waals surface area contributed by atoms with Gasteiger partial charge in [-0.2, -0.15) is 0 Å². The van der Waals surface area contributed by atoms with Crippen molar-refractivity contribution < 1.29 is 4.79 Å². The van der Waals surface area contributed by atoms with E-state index in [1.54, 1.807) is 6.92 Å². The molecule has 0 fully saturated rings. The maximum absolute atomic E-state index is 11.2. The highest BCUT2D eigenvalue weighted by Crippen LogP contribution is 2.32. The molecule has 0 aliphatic heterocycles. The van der Waals surface area contributed by atoms with E-state index in [0.29, 0.717) is 5.57 Å². The molecule has 0 saturated carbocycles. The monoisotopic (exact) mass is 210 g/mol. The highest BCUT2D eigenvalue weighted by molar-refractivity contribution is 8.82. The number of hydrogen-bond acceptors (Lipinski definition) is 3. The molecule has 1 aromatic carbocycles. The van der Waals surface area contributed by atoms with Gasteiger partial charge in [-0.15, -0.1) is 0 Å². The van der Waals surface area contributed by atoms with E-state index in [-0.39, 0.29) is 5.12 Å². The number of benzene rings is 1. The molecule has 1 aromatic rings. The summed E-state index contributed by atoms with van der Waals surface area (Å²) < 4.78 is 0. The normalized spacial score (nSPS) is 9.62. The predicted octanol–water partition coefficient (Wildman–Crippen LogP) is 3.53. The van der Waals surface area contributed by atoms with Gasteiger partial charge in [0.15, 0.2) is 0 Å². The number of carbonyl (C=O) groups excluding carboxylic acids is 1. The summed E-state index contributed by atoms with van der Waals surface area (Å²) in [5.74, 6) is 0. The van der Waals surface area contributed by atoms with E-state index in [9.17, 15) is 4.79 Å². The van der Waals surface area contributed by atoms with Crippen LogP contribution in [0.5, 0.6) is 0 Å². The lowest BCUT2D eigenvalue weighted by atomic mass is 10.4. The van der Waals surface area contributed by atoms with Gasteiger partial charge in [-0.3, -0.25) is 4.79 Å². The topological polar surface area (TPSA) is 17.1 Å². The zero-order valence-corrected chi connectivity index (χ0v) is 8.95. The fourth-order valence-electron chi connectivity index (χ4n) is 0.633. The van der Waals surface area contributed by atoms with Crippen LogP contribution in [-0.2, 0) is 4.79 Å². The third-order valence-electron chi connectivity index (χ3n) is 1.31. The second-order valence-corrected chi connectivity index (χ2v) is 4.72. The molecule has 0 aromatic heterocycles. The number of carbonyl (C=O) groups is 1. The van der Waals surface area contributed by atoms with Crippen molar-refractivity contribution in [3.8, 4) is 0 Å². The summed E-state index contributed by atoms with van der Waals surface area (Å²) in [5, 5.41) is 0.0360. The molecule has 68 valence electrons. The van der Waals surface area contributed by atoms with Crippen molar-refractivity contribution in [1.29, 1.82) is 0 Å². The summed E-state index contributed by atoms with van der Waals surface area (Å²) in [5.41, 5.74) is 0.591. The molecule has 0 atom stereocenters. The van der Waals surface area contributed by atoms with Crippen LogP contribution >= 0.6 is 21.6 Å². The first-order valence-electron chi connectivity index (χ1n) is 3.79. The van der Waals surface area contributed by atoms with Crippen molar-refractivity contribution in [2.45, 2.75) is 11.8 Å². The van der Waals surface area contributed by atoms with E-state index >= 15 is 0 Å². The number of hydrogen-bond donors (Lipinski definition) is 0. The molecule has 0 spiro atoms. The Morgan fingerprint density at radius 1 is 1.31 bits per heavy atom. The van der Waals surface area contributed by atoms with Gasteiger partial charge >= 0.3 is 0 Å². The first-order valence-corrected chi connectivity index (χ1v) is 5.94. The van der Waals surface area contributed by atoms with Crippen LogP contribution in [0, 0.1) is 0 Å².